The first-order valence-electron chi connectivity index (χ1n) is 9.47. The van der Waals surface area contributed by atoms with Crippen LogP contribution in [0.3, 0.4) is 0 Å². The average molecular weight is 407 g/mol. The van der Waals surface area contributed by atoms with Crippen molar-refractivity contribution in [2.45, 2.75) is 0 Å². The van der Waals surface area contributed by atoms with E-state index < -0.39 is 0 Å². The molecule has 0 atom stereocenters. The highest BCUT2D eigenvalue weighted by Gasteiger charge is 2.09. The lowest BCUT2D eigenvalue weighted by Crippen LogP contribution is -1.80. The van der Waals surface area contributed by atoms with Gasteiger partial charge in [-0.25, -0.2) is 0 Å². The maximum atomic E-state index is 4.67. The lowest BCUT2D eigenvalue weighted by molar-refractivity contribution is 1.15. The molecule has 7 aromatic rings. The van der Waals surface area contributed by atoms with E-state index in [0.717, 1.165) is 64.3 Å². The Bertz CT molecular complexity index is 1820. The molecule has 0 aliphatic heterocycles. The molecule has 7 heterocycles. The molecule has 0 radical (unpaired) electrons. The first-order chi connectivity index (χ1) is 14.8. The Labute approximate surface area is 172 Å². The van der Waals surface area contributed by atoms with Crippen LogP contribution in [0, 0.1) is 0 Å². The van der Waals surface area contributed by atoms with Gasteiger partial charge in [-0.15, -0.1) is 11.3 Å². The summed E-state index contributed by atoms with van der Waals surface area (Å²) < 4.78 is 1.10. The summed E-state index contributed by atoms with van der Waals surface area (Å²) in [5, 5.41) is 10.7. The van der Waals surface area contributed by atoms with Crippen LogP contribution in [0.15, 0.2) is 61.2 Å². The van der Waals surface area contributed by atoms with Gasteiger partial charge in [0.15, 0.2) is 0 Å². The van der Waals surface area contributed by atoms with E-state index in [4.69, 9.17) is 0 Å². The van der Waals surface area contributed by atoms with Crippen molar-refractivity contribution in [3.8, 4) is 0 Å². The molecule has 30 heavy (non-hydrogen) atoms. The Morgan fingerprint density at radius 3 is 2.73 bits per heavy atom. The first kappa shape index (κ1) is 15.8. The Balaban J connectivity index is 1.80. The molecule has 0 aliphatic rings. The van der Waals surface area contributed by atoms with Crippen LogP contribution in [0.25, 0.3) is 64.3 Å². The number of fused-ring (bicyclic) bond motifs is 9. The van der Waals surface area contributed by atoms with Gasteiger partial charge in [0.25, 0.3) is 0 Å². The molecule has 0 saturated heterocycles. The molecule has 0 aliphatic carbocycles. The number of aromatic nitrogens is 7. The van der Waals surface area contributed by atoms with Gasteiger partial charge in [0.05, 0.1) is 49.5 Å². The predicted molar refractivity (Wildman–Crippen MR) is 121 cm³/mol. The summed E-state index contributed by atoms with van der Waals surface area (Å²) in [6.07, 6.45) is 7.31. The number of rotatable bonds is 0. The Morgan fingerprint density at radius 2 is 1.73 bits per heavy atom. The summed E-state index contributed by atoms with van der Waals surface area (Å²) in [6, 6.07) is 12.4. The van der Waals surface area contributed by atoms with E-state index in [9.17, 15) is 0 Å². The second kappa shape index (κ2) is 5.74. The summed E-state index contributed by atoms with van der Waals surface area (Å²) in [6.45, 7) is 0. The molecule has 0 spiro atoms. The molecule has 0 aromatic carbocycles. The molecular weight excluding hydrogens is 394 g/mol. The van der Waals surface area contributed by atoms with Crippen LogP contribution in [0.5, 0.6) is 0 Å². The van der Waals surface area contributed by atoms with Crippen LogP contribution >= 0.6 is 11.3 Å². The quantitative estimate of drug-likeness (QED) is 0.315. The van der Waals surface area contributed by atoms with Gasteiger partial charge < -0.3 is 9.97 Å². The SMILES string of the molecule is c1cc2[nH]c3cc2c(n1)c1ccc([nH]c2cncc(c2)c2cc4c(cn2)[nH]nc34)s1. The number of hydrogen-bond donors (Lipinski definition) is 3. The smallest absolute Gasteiger partial charge is 0.116 e. The minimum absolute atomic E-state index is 0.849. The summed E-state index contributed by atoms with van der Waals surface area (Å²) in [5.74, 6) is 0. The number of hydrogen-bond acceptors (Lipinski definition) is 5. The number of nitrogens with zero attached hydrogens (tertiary/aromatic N) is 4. The van der Waals surface area contributed by atoms with Crippen LogP contribution in [-0.4, -0.2) is 35.1 Å². The summed E-state index contributed by atoms with van der Waals surface area (Å²) in [4.78, 5) is 21.7. The van der Waals surface area contributed by atoms with Crippen molar-refractivity contribution in [1.82, 2.24) is 35.1 Å². The zero-order chi connectivity index (χ0) is 19.7. The van der Waals surface area contributed by atoms with Crippen LogP contribution in [0.4, 0.5) is 0 Å². The van der Waals surface area contributed by atoms with Crippen molar-refractivity contribution in [3.05, 3.63) is 61.2 Å². The predicted octanol–water partition coefficient (Wildman–Crippen LogP) is 5.36. The molecule has 7 rings (SSSR count). The molecule has 0 fully saturated rings. The van der Waals surface area contributed by atoms with Crippen molar-refractivity contribution >= 4 is 75.6 Å². The van der Waals surface area contributed by atoms with Gasteiger partial charge in [-0.05, 0) is 36.4 Å². The molecule has 8 heteroatoms. The number of pyridine rings is 3. The minimum atomic E-state index is 0.849. The fraction of sp³-hybridized carbons (Fsp3) is 0. The molecule has 142 valence electrons. The maximum Gasteiger partial charge on any atom is 0.116 e. The van der Waals surface area contributed by atoms with Gasteiger partial charge in [-0.2, -0.15) is 5.10 Å². The topological polar surface area (TPSA) is 98.9 Å². The largest absolute Gasteiger partial charge is 0.353 e. The molecule has 3 N–H and O–H groups in total. The van der Waals surface area contributed by atoms with E-state index in [1.54, 1.807) is 11.3 Å². The van der Waals surface area contributed by atoms with Crippen LogP contribution in [0.2, 0.25) is 0 Å². The van der Waals surface area contributed by atoms with Crippen molar-refractivity contribution in [2.75, 3.05) is 0 Å². The lowest BCUT2D eigenvalue weighted by atomic mass is 10.2. The number of thiophene rings is 1. The summed E-state index contributed by atoms with van der Waals surface area (Å²) in [5.41, 5.74) is 6.45. The zero-order valence-corrected chi connectivity index (χ0v) is 16.3. The molecule has 0 saturated carbocycles. The van der Waals surface area contributed by atoms with Gasteiger partial charge >= 0.3 is 0 Å². The van der Waals surface area contributed by atoms with E-state index in [1.165, 1.54) is 0 Å². The van der Waals surface area contributed by atoms with Gasteiger partial charge in [0.1, 0.15) is 5.52 Å². The van der Waals surface area contributed by atoms with Gasteiger partial charge in [-0.3, -0.25) is 20.1 Å². The van der Waals surface area contributed by atoms with E-state index in [1.807, 2.05) is 30.9 Å². The third kappa shape index (κ3) is 2.25. The van der Waals surface area contributed by atoms with Gasteiger partial charge in [0.2, 0.25) is 0 Å². The molecule has 7 nitrogen and oxygen atoms in total. The Hall–Kier alpha value is -4.04. The molecule has 7 aromatic heterocycles. The van der Waals surface area contributed by atoms with Crippen molar-refractivity contribution < 1.29 is 0 Å². The molecular formula is C22H13N7S. The maximum absolute atomic E-state index is 4.67. The second-order valence-electron chi connectivity index (χ2n) is 7.24. The standard InChI is InChI=1S/C22H13N7S/c1-2-20-26-12-5-11(8-23-9-12)16-6-14-18(10-25-16)28-29-21(14)17-7-13-15(27-17)3-4-24-22(13)19(1)30-20/h1-10,26-27H,(H,28,29). The number of H-pyrrole nitrogens is 3. The zero-order valence-electron chi connectivity index (χ0n) is 15.5. The fourth-order valence-electron chi connectivity index (χ4n) is 3.98. The van der Waals surface area contributed by atoms with E-state index in [-0.39, 0.29) is 0 Å². The van der Waals surface area contributed by atoms with Crippen LogP contribution < -0.4 is 0 Å². The van der Waals surface area contributed by atoms with Crippen LogP contribution in [-0.2, 0) is 0 Å². The number of aromatic amines is 3. The second-order valence-corrected chi connectivity index (χ2v) is 8.33. The van der Waals surface area contributed by atoms with Crippen molar-refractivity contribution in [3.63, 3.8) is 0 Å². The fourth-order valence-corrected chi connectivity index (χ4v) is 4.92. The molecule has 0 amide bonds. The van der Waals surface area contributed by atoms with Crippen molar-refractivity contribution in [1.29, 1.82) is 0 Å². The number of nitrogens with one attached hydrogen (secondary N) is 3. The van der Waals surface area contributed by atoms with Gasteiger partial charge in [0, 0.05) is 34.1 Å². The highest BCUT2D eigenvalue weighted by Crippen LogP contribution is 2.30. The van der Waals surface area contributed by atoms with E-state index >= 15 is 0 Å². The third-order valence-electron chi connectivity index (χ3n) is 5.39. The summed E-state index contributed by atoms with van der Waals surface area (Å²) in [7, 11) is 0. The third-order valence-corrected chi connectivity index (χ3v) is 6.40. The normalized spacial score (nSPS) is 12.0. The van der Waals surface area contributed by atoms with E-state index in [2.05, 4.69) is 65.4 Å². The Kier molecular flexibility index (Phi) is 3.03. The highest BCUT2D eigenvalue weighted by atomic mass is 32.1. The minimum Gasteiger partial charge on any atom is -0.353 e. The molecule has 8 bridgehead atoms. The first-order valence-corrected chi connectivity index (χ1v) is 10.3. The Morgan fingerprint density at radius 1 is 0.767 bits per heavy atom. The summed E-state index contributed by atoms with van der Waals surface area (Å²) >= 11 is 1.66. The van der Waals surface area contributed by atoms with Gasteiger partial charge in [-0.1, -0.05) is 0 Å². The average Bonchev–Trinajstić information content (AvgIpc) is 3.50. The molecule has 0 unspecified atom stereocenters. The van der Waals surface area contributed by atoms with Crippen molar-refractivity contribution in [2.24, 2.45) is 0 Å². The monoisotopic (exact) mass is 407 g/mol. The highest BCUT2D eigenvalue weighted by molar-refractivity contribution is 7.23. The van der Waals surface area contributed by atoms with Crippen LogP contribution in [0.1, 0.15) is 0 Å². The lowest BCUT2D eigenvalue weighted by Gasteiger charge is -1.95. The van der Waals surface area contributed by atoms with E-state index in [0.29, 0.717) is 0 Å².